The number of imidazole rings is 1. The number of fused-ring (bicyclic) bond motifs is 1. The topological polar surface area (TPSA) is 149 Å². The van der Waals surface area contributed by atoms with Gasteiger partial charge in [0.2, 0.25) is 11.9 Å². The van der Waals surface area contributed by atoms with E-state index in [-0.39, 0.29) is 23.5 Å². The third-order valence-corrected chi connectivity index (χ3v) is 6.89. The van der Waals surface area contributed by atoms with Crippen molar-refractivity contribution in [3.63, 3.8) is 0 Å². The molecule has 2 aromatic heterocycles. The quantitative estimate of drug-likeness (QED) is 0.200. The van der Waals surface area contributed by atoms with Crippen LogP contribution < -0.4 is 21.1 Å². The van der Waals surface area contributed by atoms with Crippen LogP contribution in [0.3, 0.4) is 0 Å². The molecule has 0 aliphatic rings. The summed E-state index contributed by atoms with van der Waals surface area (Å²) in [6.45, 7) is 10.3. The Morgan fingerprint density at radius 3 is 2.51 bits per heavy atom. The van der Waals surface area contributed by atoms with Gasteiger partial charge in [-0.2, -0.15) is 5.10 Å². The normalized spacial score (nSPS) is 11.1. The van der Waals surface area contributed by atoms with Crippen molar-refractivity contribution in [2.24, 2.45) is 11.7 Å². The average Bonchev–Trinajstić information content (AvgIpc) is 3.53. The third kappa shape index (κ3) is 7.51. The minimum absolute atomic E-state index is 0.145. The number of amides is 4. The number of carbonyl (C=O) groups is 3. The molecule has 0 saturated carbocycles. The molecule has 0 unspecified atom stereocenters. The number of nitrogens with zero attached hydrogens (tertiary/aromatic N) is 5. The Labute approximate surface area is 251 Å². The molecule has 12 nitrogen and oxygen atoms in total. The first-order valence-electron chi connectivity index (χ1n) is 14.4. The highest BCUT2D eigenvalue weighted by molar-refractivity contribution is 6.04. The van der Waals surface area contributed by atoms with E-state index in [2.05, 4.69) is 34.6 Å². The van der Waals surface area contributed by atoms with Crippen molar-refractivity contribution in [1.29, 1.82) is 0 Å². The van der Waals surface area contributed by atoms with Gasteiger partial charge in [0, 0.05) is 38.3 Å². The lowest BCUT2D eigenvalue weighted by molar-refractivity contribution is 0.0995. The number of anilines is 1. The highest BCUT2D eigenvalue weighted by Gasteiger charge is 2.22. The number of nitrogens with two attached hydrogens (primary N) is 1. The number of aromatic nitrogens is 4. The van der Waals surface area contributed by atoms with Gasteiger partial charge in [-0.05, 0) is 49.9 Å². The monoisotopic (exact) mass is 588 g/mol. The van der Waals surface area contributed by atoms with E-state index in [9.17, 15) is 14.4 Å². The van der Waals surface area contributed by atoms with Crippen LogP contribution in [0.15, 0.2) is 48.5 Å². The highest BCUT2D eigenvalue weighted by Crippen LogP contribution is 2.31. The minimum Gasteiger partial charge on any atom is -0.494 e. The summed E-state index contributed by atoms with van der Waals surface area (Å²) in [4.78, 5) is 44.9. The maximum Gasteiger partial charge on any atom is 0.317 e. The van der Waals surface area contributed by atoms with Crippen LogP contribution in [0.5, 0.6) is 5.75 Å². The molecule has 0 saturated heterocycles. The molecule has 4 N–H and O–H groups in total. The second kappa shape index (κ2) is 13.9. The van der Waals surface area contributed by atoms with Crippen molar-refractivity contribution >= 4 is 34.8 Å². The lowest BCUT2D eigenvalue weighted by Crippen LogP contribution is -2.41. The summed E-state index contributed by atoms with van der Waals surface area (Å²) in [5, 5.41) is 10.3. The molecule has 0 radical (unpaired) electrons. The van der Waals surface area contributed by atoms with E-state index in [1.165, 1.54) is 7.11 Å². The second-order valence-corrected chi connectivity index (χ2v) is 10.8. The van der Waals surface area contributed by atoms with Crippen LogP contribution in [0, 0.1) is 12.8 Å². The highest BCUT2D eigenvalue weighted by atomic mass is 16.5. The summed E-state index contributed by atoms with van der Waals surface area (Å²) in [6, 6.07) is 14.6. The van der Waals surface area contributed by atoms with Gasteiger partial charge in [-0.25, -0.2) is 9.78 Å². The lowest BCUT2D eigenvalue weighted by atomic mass is 10.1. The fourth-order valence-electron chi connectivity index (χ4n) is 4.98. The zero-order valence-electron chi connectivity index (χ0n) is 25.4. The Bertz CT molecular complexity index is 1590. The molecular weight excluding hydrogens is 548 g/mol. The number of carbonyl (C=O) groups excluding carboxylic acids is 3. The number of hydrogen-bond acceptors (Lipinski definition) is 6. The lowest BCUT2D eigenvalue weighted by Gasteiger charge is -2.25. The Morgan fingerprint density at radius 1 is 1.12 bits per heavy atom. The summed E-state index contributed by atoms with van der Waals surface area (Å²) in [5.74, 6) is -0.0102. The van der Waals surface area contributed by atoms with Gasteiger partial charge in [0.1, 0.15) is 17.0 Å². The predicted molar refractivity (Wildman–Crippen MR) is 165 cm³/mol. The molecule has 0 atom stereocenters. The number of benzene rings is 2. The van der Waals surface area contributed by atoms with Crippen molar-refractivity contribution in [3.05, 3.63) is 71.0 Å². The standard InChI is InChI=1S/C31H40N8O4/c1-6-39-25(15-21(4)36-39)29(41)35-30-34-24-16-23(28(32)40)17-26(43-5)27(24)38(30)14-10-13-33-31(42)37(18-20(2)3)19-22-11-8-7-9-12-22/h7-9,11-12,15-17,20H,6,10,13-14,18-19H2,1-5H3,(H2,32,40)(H,33,42)(H,34,35,41). The van der Waals surface area contributed by atoms with E-state index in [0.717, 1.165) is 11.3 Å². The van der Waals surface area contributed by atoms with Gasteiger partial charge >= 0.3 is 6.03 Å². The van der Waals surface area contributed by atoms with Crippen LogP contribution in [0.4, 0.5) is 10.7 Å². The molecule has 12 heteroatoms. The molecule has 4 aromatic rings. The summed E-state index contributed by atoms with van der Waals surface area (Å²) < 4.78 is 9.04. The zero-order chi connectivity index (χ0) is 31.1. The van der Waals surface area contributed by atoms with Crippen molar-refractivity contribution in [3.8, 4) is 5.75 Å². The SMILES string of the molecule is CCn1nc(C)cc1C(=O)Nc1nc2cc(C(N)=O)cc(OC)c2n1CCCNC(=O)N(Cc1ccccc1)CC(C)C. The van der Waals surface area contributed by atoms with E-state index >= 15 is 0 Å². The average molecular weight is 589 g/mol. The fourth-order valence-corrected chi connectivity index (χ4v) is 4.98. The van der Waals surface area contributed by atoms with Crippen molar-refractivity contribution in [1.82, 2.24) is 29.5 Å². The maximum absolute atomic E-state index is 13.3. The Kier molecular flexibility index (Phi) is 10.0. The van der Waals surface area contributed by atoms with E-state index in [4.69, 9.17) is 10.5 Å². The van der Waals surface area contributed by atoms with Crippen LogP contribution in [0.1, 0.15) is 59.3 Å². The van der Waals surface area contributed by atoms with E-state index in [1.54, 1.807) is 22.9 Å². The van der Waals surface area contributed by atoms with Gasteiger partial charge in [-0.15, -0.1) is 0 Å². The number of hydrogen-bond donors (Lipinski definition) is 3. The van der Waals surface area contributed by atoms with Gasteiger partial charge in [0.15, 0.2) is 0 Å². The molecule has 0 fully saturated rings. The molecular formula is C31H40N8O4. The summed E-state index contributed by atoms with van der Waals surface area (Å²) in [7, 11) is 1.49. The van der Waals surface area contributed by atoms with E-state index in [0.29, 0.717) is 67.5 Å². The first-order valence-corrected chi connectivity index (χ1v) is 14.4. The number of nitrogens with one attached hydrogen (secondary N) is 2. The first kappa shape index (κ1) is 31.1. The number of ether oxygens (including phenoxy) is 1. The number of urea groups is 1. The van der Waals surface area contributed by atoms with Crippen LogP contribution in [-0.4, -0.2) is 62.3 Å². The van der Waals surface area contributed by atoms with Gasteiger partial charge in [-0.3, -0.25) is 19.6 Å². The van der Waals surface area contributed by atoms with Crippen LogP contribution in [-0.2, 0) is 19.6 Å². The van der Waals surface area contributed by atoms with Crippen LogP contribution in [0.25, 0.3) is 11.0 Å². The fraction of sp³-hybridized carbons (Fsp3) is 0.387. The largest absolute Gasteiger partial charge is 0.494 e. The summed E-state index contributed by atoms with van der Waals surface area (Å²) in [5.41, 5.74) is 9.01. The number of rotatable bonds is 13. The second-order valence-electron chi connectivity index (χ2n) is 10.8. The molecule has 0 aliphatic carbocycles. The number of primary amides is 1. The number of methoxy groups -OCH3 is 1. The van der Waals surface area contributed by atoms with E-state index in [1.807, 2.05) is 53.6 Å². The van der Waals surface area contributed by atoms with Gasteiger partial charge in [0.25, 0.3) is 5.91 Å². The van der Waals surface area contributed by atoms with E-state index < -0.39 is 5.91 Å². The maximum atomic E-state index is 13.3. The Hall–Kier alpha value is -4.87. The molecule has 4 rings (SSSR count). The molecule has 0 spiro atoms. The van der Waals surface area contributed by atoms with Gasteiger partial charge < -0.3 is 25.3 Å². The smallest absolute Gasteiger partial charge is 0.317 e. The van der Waals surface area contributed by atoms with Crippen molar-refractivity contribution in [2.45, 2.75) is 53.8 Å². The third-order valence-electron chi connectivity index (χ3n) is 6.89. The van der Waals surface area contributed by atoms with Gasteiger partial charge in [0.05, 0.1) is 18.3 Å². The van der Waals surface area contributed by atoms with Crippen molar-refractivity contribution in [2.75, 3.05) is 25.5 Å². The molecule has 228 valence electrons. The van der Waals surface area contributed by atoms with Crippen molar-refractivity contribution < 1.29 is 19.1 Å². The molecule has 43 heavy (non-hydrogen) atoms. The number of aryl methyl sites for hydroxylation is 3. The Morgan fingerprint density at radius 2 is 1.86 bits per heavy atom. The molecule has 2 heterocycles. The molecule has 4 amide bonds. The van der Waals surface area contributed by atoms with Crippen LogP contribution in [0.2, 0.25) is 0 Å². The molecule has 0 bridgehead atoms. The Balaban J connectivity index is 1.56. The predicted octanol–water partition coefficient (Wildman–Crippen LogP) is 4.18. The molecule has 0 aliphatic heterocycles. The molecule has 2 aromatic carbocycles. The van der Waals surface area contributed by atoms with Gasteiger partial charge in [-0.1, -0.05) is 44.2 Å². The first-order chi connectivity index (χ1) is 20.6. The summed E-state index contributed by atoms with van der Waals surface area (Å²) in [6.07, 6.45) is 0.535. The van der Waals surface area contributed by atoms with Crippen LogP contribution >= 0.6 is 0 Å². The minimum atomic E-state index is -0.619. The zero-order valence-corrected chi connectivity index (χ0v) is 25.4. The summed E-state index contributed by atoms with van der Waals surface area (Å²) >= 11 is 0.